The molecule has 0 aliphatic carbocycles. The summed E-state index contributed by atoms with van der Waals surface area (Å²) in [4.78, 5) is 22.0. The molecule has 0 amide bonds. The number of rotatable bonds is 0. The van der Waals surface area contributed by atoms with Gasteiger partial charge in [0.15, 0.2) is 0 Å². The van der Waals surface area contributed by atoms with Crippen molar-refractivity contribution in [3.63, 3.8) is 0 Å². The third kappa shape index (κ3) is 1.20. The molecule has 5 heteroatoms. The van der Waals surface area contributed by atoms with E-state index in [9.17, 15) is 9.59 Å². The van der Waals surface area contributed by atoms with E-state index < -0.39 is 11.9 Å². The lowest BCUT2D eigenvalue weighted by Gasteiger charge is -2.12. The van der Waals surface area contributed by atoms with Gasteiger partial charge in [0.25, 0.3) is 0 Å². The van der Waals surface area contributed by atoms with Crippen molar-refractivity contribution in [2.75, 3.05) is 0 Å². The molecule has 0 fully saturated rings. The number of halogens is 2. The van der Waals surface area contributed by atoms with E-state index in [2.05, 4.69) is 4.74 Å². The van der Waals surface area contributed by atoms with Crippen LogP contribution >= 0.6 is 23.2 Å². The average Bonchev–Trinajstić information content (AvgIpc) is 2.07. The fraction of sp³-hybridized carbons (Fsp3) is 0. The van der Waals surface area contributed by atoms with Gasteiger partial charge in [-0.15, -0.1) is 0 Å². The molecule has 66 valence electrons. The minimum absolute atomic E-state index is 0.114. The molecule has 13 heavy (non-hydrogen) atoms. The van der Waals surface area contributed by atoms with E-state index in [-0.39, 0.29) is 21.2 Å². The van der Waals surface area contributed by atoms with Crippen LogP contribution in [0.3, 0.4) is 0 Å². The largest absolute Gasteiger partial charge is 0.386 e. The maximum Gasteiger partial charge on any atom is 0.347 e. The Labute approximate surface area is 83.2 Å². The smallest absolute Gasteiger partial charge is 0.347 e. The minimum atomic E-state index is -0.759. The standard InChI is InChI=1S/C8H2Cl2O3/c9-5-2-3-1-4(6(5)10)8(12)13-7(3)11/h1-2H. The maximum atomic E-state index is 11.1. The molecular weight excluding hydrogens is 215 g/mol. The van der Waals surface area contributed by atoms with Gasteiger partial charge < -0.3 is 4.74 Å². The van der Waals surface area contributed by atoms with Gasteiger partial charge >= 0.3 is 11.9 Å². The molecule has 2 bridgehead atoms. The molecule has 0 saturated heterocycles. The summed E-state index contributed by atoms with van der Waals surface area (Å²) in [6, 6.07) is 2.73. The van der Waals surface area contributed by atoms with Crippen LogP contribution in [-0.4, -0.2) is 11.9 Å². The zero-order chi connectivity index (χ0) is 9.59. The highest BCUT2D eigenvalue weighted by Gasteiger charge is 2.26. The van der Waals surface area contributed by atoms with Crippen LogP contribution in [0, 0.1) is 0 Å². The number of fused-ring (bicyclic) bond motifs is 2. The Balaban J connectivity index is 2.76. The summed E-state index contributed by atoms with van der Waals surface area (Å²) < 4.78 is 4.38. The second kappa shape index (κ2) is 2.72. The minimum Gasteiger partial charge on any atom is -0.386 e. The highest BCUT2D eigenvalue weighted by atomic mass is 35.5. The number of cyclic esters (lactones) is 2. The summed E-state index contributed by atoms with van der Waals surface area (Å²) in [7, 11) is 0. The van der Waals surface area contributed by atoms with Gasteiger partial charge in [0.05, 0.1) is 21.2 Å². The molecule has 0 unspecified atom stereocenters. The summed E-state index contributed by atoms with van der Waals surface area (Å²) in [5.74, 6) is -1.46. The predicted molar refractivity (Wildman–Crippen MR) is 46.2 cm³/mol. The monoisotopic (exact) mass is 216 g/mol. The van der Waals surface area contributed by atoms with Crippen molar-refractivity contribution in [1.29, 1.82) is 0 Å². The number of carbonyl (C=O) groups is 2. The van der Waals surface area contributed by atoms with E-state index in [4.69, 9.17) is 23.2 Å². The van der Waals surface area contributed by atoms with Gasteiger partial charge in [-0.2, -0.15) is 0 Å². The lowest BCUT2D eigenvalue weighted by molar-refractivity contribution is 0.0385. The van der Waals surface area contributed by atoms with Gasteiger partial charge in [-0.25, -0.2) is 9.59 Å². The number of carbonyl (C=O) groups excluding carboxylic acids is 2. The first-order valence-corrected chi connectivity index (χ1v) is 4.11. The van der Waals surface area contributed by atoms with Crippen LogP contribution in [0.15, 0.2) is 12.1 Å². The number of hydrogen-bond acceptors (Lipinski definition) is 3. The van der Waals surface area contributed by atoms with Gasteiger partial charge in [0.1, 0.15) is 0 Å². The van der Waals surface area contributed by atoms with Gasteiger partial charge in [-0.3, -0.25) is 0 Å². The SMILES string of the molecule is O=C1OC(=O)c2cc1cc(Cl)c2Cl. The van der Waals surface area contributed by atoms with Crippen LogP contribution in [0.5, 0.6) is 0 Å². The van der Waals surface area contributed by atoms with Crippen LogP contribution < -0.4 is 0 Å². The van der Waals surface area contributed by atoms with Crippen molar-refractivity contribution >= 4 is 35.1 Å². The van der Waals surface area contributed by atoms with Crippen molar-refractivity contribution < 1.29 is 14.3 Å². The van der Waals surface area contributed by atoms with Crippen molar-refractivity contribution in [2.45, 2.75) is 0 Å². The Morgan fingerprint density at radius 2 is 1.77 bits per heavy atom. The molecule has 2 rings (SSSR count). The molecule has 1 aromatic carbocycles. The molecule has 0 saturated carbocycles. The van der Waals surface area contributed by atoms with Gasteiger partial charge in [0, 0.05) is 0 Å². The molecular formula is C8H2Cl2O3. The van der Waals surface area contributed by atoms with Crippen LogP contribution in [0.4, 0.5) is 0 Å². The molecule has 0 spiro atoms. The topological polar surface area (TPSA) is 43.4 Å². The van der Waals surface area contributed by atoms with Crippen LogP contribution in [0.1, 0.15) is 20.7 Å². The molecule has 0 N–H and O–H groups in total. The Morgan fingerprint density at radius 1 is 1.08 bits per heavy atom. The van der Waals surface area contributed by atoms with Crippen molar-refractivity contribution in [3.05, 3.63) is 33.3 Å². The van der Waals surface area contributed by atoms with Gasteiger partial charge in [0.2, 0.25) is 0 Å². The van der Waals surface area contributed by atoms with Gasteiger partial charge in [-0.1, -0.05) is 23.2 Å². The fourth-order valence-electron chi connectivity index (χ4n) is 1.05. The zero-order valence-electron chi connectivity index (χ0n) is 6.14. The van der Waals surface area contributed by atoms with E-state index >= 15 is 0 Å². The van der Waals surface area contributed by atoms with E-state index in [1.807, 2.05) is 0 Å². The normalized spacial score (nSPS) is 14.3. The molecule has 1 aliphatic rings. The van der Waals surface area contributed by atoms with E-state index in [0.29, 0.717) is 0 Å². The first-order chi connectivity index (χ1) is 6.09. The van der Waals surface area contributed by atoms with E-state index in [1.54, 1.807) is 0 Å². The Kier molecular flexibility index (Phi) is 1.78. The highest BCUT2D eigenvalue weighted by molar-refractivity contribution is 6.44. The summed E-state index contributed by atoms with van der Waals surface area (Å²) in [6.07, 6.45) is 0. The summed E-state index contributed by atoms with van der Waals surface area (Å²) >= 11 is 11.4. The number of esters is 2. The molecule has 3 nitrogen and oxygen atoms in total. The van der Waals surface area contributed by atoms with Crippen molar-refractivity contribution in [3.8, 4) is 0 Å². The second-order valence-electron chi connectivity index (χ2n) is 2.50. The van der Waals surface area contributed by atoms with Crippen LogP contribution in [-0.2, 0) is 4.74 Å². The van der Waals surface area contributed by atoms with E-state index in [1.165, 1.54) is 12.1 Å². The maximum absolute atomic E-state index is 11.1. The summed E-state index contributed by atoms with van der Waals surface area (Å²) in [5.41, 5.74) is 0.368. The quantitative estimate of drug-likeness (QED) is 0.494. The van der Waals surface area contributed by atoms with Crippen molar-refractivity contribution in [2.24, 2.45) is 0 Å². The third-order valence-electron chi connectivity index (χ3n) is 1.67. The summed E-state index contributed by atoms with van der Waals surface area (Å²) in [6.45, 7) is 0. The lowest BCUT2D eigenvalue weighted by Crippen LogP contribution is -2.19. The summed E-state index contributed by atoms with van der Waals surface area (Å²) in [5, 5.41) is 0.294. The number of ether oxygens (including phenoxy) is 1. The van der Waals surface area contributed by atoms with E-state index in [0.717, 1.165) is 0 Å². The lowest BCUT2D eigenvalue weighted by atomic mass is 10.1. The molecule has 1 aliphatic heterocycles. The zero-order valence-corrected chi connectivity index (χ0v) is 7.65. The average molecular weight is 217 g/mol. The number of hydrogen-bond donors (Lipinski definition) is 0. The third-order valence-corrected chi connectivity index (χ3v) is 2.47. The van der Waals surface area contributed by atoms with Crippen LogP contribution in [0.25, 0.3) is 0 Å². The Morgan fingerprint density at radius 3 is 2.46 bits per heavy atom. The number of benzene rings is 1. The first-order valence-electron chi connectivity index (χ1n) is 3.35. The Bertz CT molecular complexity index is 426. The second-order valence-corrected chi connectivity index (χ2v) is 3.28. The molecule has 0 radical (unpaired) electrons. The molecule has 1 heterocycles. The van der Waals surface area contributed by atoms with Crippen LogP contribution in [0.2, 0.25) is 10.0 Å². The molecule has 0 aromatic heterocycles. The molecule has 0 atom stereocenters. The Hall–Kier alpha value is -1.06. The fourth-order valence-corrected chi connectivity index (χ4v) is 1.46. The highest BCUT2D eigenvalue weighted by Crippen LogP contribution is 2.31. The first kappa shape index (κ1) is 8.53. The van der Waals surface area contributed by atoms with Gasteiger partial charge in [-0.05, 0) is 12.1 Å². The molecule has 1 aromatic rings. The predicted octanol–water partition coefficient (Wildman–Crippen LogP) is 2.30. The van der Waals surface area contributed by atoms with Crippen molar-refractivity contribution in [1.82, 2.24) is 0 Å².